The number of para-hydroxylation sites is 1. The van der Waals surface area contributed by atoms with E-state index in [4.69, 9.17) is 4.74 Å². The van der Waals surface area contributed by atoms with Gasteiger partial charge in [-0.25, -0.2) is 4.79 Å². The third kappa shape index (κ3) is 4.54. The van der Waals surface area contributed by atoms with E-state index in [-0.39, 0.29) is 30.9 Å². The summed E-state index contributed by atoms with van der Waals surface area (Å²) in [5.41, 5.74) is -0.585. The molecule has 1 aliphatic heterocycles. The summed E-state index contributed by atoms with van der Waals surface area (Å²) in [6, 6.07) is 9.18. The first-order valence-corrected chi connectivity index (χ1v) is 10.6. The van der Waals surface area contributed by atoms with Crippen LogP contribution in [-0.4, -0.2) is 86.3 Å². The minimum Gasteiger partial charge on any atom is -0.491 e. The lowest BCUT2D eigenvalue weighted by atomic mass is 10.3. The fourth-order valence-electron chi connectivity index (χ4n) is 3.92. The fraction of sp³-hybridized carbons (Fsp3) is 0.476. The predicted octanol–water partition coefficient (Wildman–Crippen LogP) is -1.02. The Morgan fingerprint density at radius 2 is 1.88 bits per heavy atom. The van der Waals surface area contributed by atoms with Crippen LogP contribution in [0, 0.1) is 0 Å². The number of hydrogen-bond donors (Lipinski definition) is 3. The van der Waals surface area contributed by atoms with E-state index in [9.17, 15) is 19.8 Å². The van der Waals surface area contributed by atoms with Gasteiger partial charge in [0, 0.05) is 39.8 Å². The molecule has 4 rings (SSSR count). The SMILES string of the molecule is Cn1c(=O)[nH]c(=O)c2c1nc(N1CCN(CCO)CC1)n2C[C@@H](O)COc1ccccc1. The van der Waals surface area contributed by atoms with Crippen LogP contribution in [-0.2, 0) is 13.6 Å². The minimum atomic E-state index is -0.904. The Labute approximate surface area is 184 Å². The van der Waals surface area contributed by atoms with Gasteiger partial charge in [0.2, 0.25) is 5.95 Å². The number of aromatic amines is 1. The van der Waals surface area contributed by atoms with Crippen LogP contribution >= 0.6 is 0 Å². The van der Waals surface area contributed by atoms with Crippen LogP contribution in [0.4, 0.5) is 5.95 Å². The number of β-amino-alcohol motifs (C(OH)–C–C–N with tert-alkyl or cyclic N) is 1. The van der Waals surface area contributed by atoms with E-state index in [1.54, 1.807) is 23.7 Å². The van der Waals surface area contributed by atoms with Crippen molar-refractivity contribution >= 4 is 17.1 Å². The molecular weight excluding hydrogens is 416 g/mol. The van der Waals surface area contributed by atoms with E-state index in [1.807, 2.05) is 23.1 Å². The van der Waals surface area contributed by atoms with Crippen LogP contribution in [0.1, 0.15) is 0 Å². The highest BCUT2D eigenvalue weighted by Gasteiger charge is 2.26. The van der Waals surface area contributed by atoms with Gasteiger partial charge in [-0.3, -0.25) is 19.2 Å². The van der Waals surface area contributed by atoms with Crippen LogP contribution in [0.15, 0.2) is 39.9 Å². The number of H-pyrrole nitrogens is 1. The Kier molecular flexibility index (Phi) is 6.58. The highest BCUT2D eigenvalue weighted by Crippen LogP contribution is 2.21. The van der Waals surface area contributed by atoms with Crippen LogP contribution in [0.2, 0.25) is 0 Å². The van der Waals surface area contributed by atoms with Gasteiger partial charge in [0.15, 0.2) is 11.2 Å². The molecule has 0 amide bonds. The van der Waals surface area contributed by atoms with Crippen LogP contribution in [0.3, 0.4) is 0 Å². The molecule has 0 bridgehead atoms. The fourth-order valence-corrected chi connectivity index (χ4v) is 3.92. The molecule has 11 heteroatoms. The first-order valence-electron chi connectivity index (χ1n) is 10.6. The van der Waals surface area contributed by atoms with Crippen molar-refractivity contribution in [2.75, 3.05) is 50.8 Å². The molecule has 3 aromatic rings. The molecule has 172 valence electrons. The number of piperazine rings is 1. The van der Waals surface area contributed by atoms with E-state index >= 15 is 0 Å². The molecule has 1 atom stereocenters. The third-order valence-electron chi connectivity index (χ3n) is 5.64. The number of ether oxygens (including phenoxy) is 1. The smallest absolute Gasteiger partial charge is 0.329 e. The molecule has 1 aliphatic rings. The average Bonchev–Trinajstić information content (AvgIpc) is 3.17. The Morgan fingerprint density at radius 1 is 1.16 bits per heavy atom. The summed E-state index contributed by atoms with van der Waals surface area (Å²) in [6.07, 6.45) is -0.904. The van der Waals surface area contributed by atoms with Crippen LogP contribution in [0.5, 0.6) is 5.75 Å². The first kappa shape index (κ1) is 22.1. The number of nitrogens with one attached hydrogen (secondary N) is 1. The monoisotopic (exact) mass is 444 g/mol. The van der Waals surface area contributed by atoms with Crippen molar-refractivity contribution in [3.05, 3.63) is 51.2 Å². The van der Waals surface area contributed by atoms with Gasteiger partial charge >= 0.3 is 5.69 Å². The quantitative estimate of drug-likeness (QED) is 0.403. The second-order valence-corrected chi connectivity index (χ2v) is 7.84. The third-order valence-corrected chi connectivity index (χ3v) is 5.64. The Morgan fingerprint density at radius 3 is 2.56 bits per heavy atom. The summed E-state index contributed by atoms with van der Waals surface area (Å²) in [6.45, 7) is 3.58. The van der Waals surface area contributed by atoms with Crippen molar-refractivity contribution in [2.24, 2.45) is 7.05 Å². The molecule has 0 spiro atoms. The molecule has 0 saturated carbocycles. The summed E-state index contributed by atoms with van der Waals surface area (Å²) in [5.74, 6) is 1.16. The first-order chi connectivity index (χ1) is 15.5. The average molecular weight is 444 g/mol. The van der Waals surface area contributed by atoms with E-state index in [1.165, 1.54) is 4.57 Å². The predicted molar refractivity (Wildman–Crippen MR) is 119 cm³/mol. The summed E-state index contributed by atoms with van der Waals surface area (Å²) >= 11 is 0. The number of imidazole rings is 1. The Bertz CT molecular complexity index is 1160. The number of aliphatic hydroxyl groups excluding tert-OH is 2. The van der Waals surface area contributed by atoms with Gasteiger partial charge in [-0.1, -0.05) is 18.2 Å². The van der Waals surface area contributed by atoms with Gasteiger partial charge in [-0.05, 0) is 12.1 Å². The van der Waals surface area contributed by atoms with Crippen molar-refractivity contribution < 1.29 is 14.9 Å². The van der Waals surface area contributed by atoms with Gasteiger partial charge in [-0.2, -0.15) is 4.98 Å². The van der Waals surface area contributed by atoms with Gasteiger partial charge in [0.05, 0.1) is 13.2 Å². The lowest BCUT2D eigenvalue weighted by molar-refractivity contribution is 0.0935. The number of anilines is 1. The number of aliphatic hydroxyl groups is 2. The number of nitrogens with zero attached hydrogens (tertiary/aromatic N) is 5. The zero-order valence-electron chi connectivity index (χ0n) is 18.0. The zero-order chi connectivity index (χ0) is 22.7. The molecule has 3 N–H and O–H groups in total. The number of rotatable bonds is 8. The molecule has 0 unspecified atom stereocenters. The number of aryl methyl sites for hydroxylation is 1. The second kappa shape index (κ2) is 9.55. The van der Waals surface area contributed by atoms with E-state index in [0.717, 1.165) is 13.1 Å². The molecule has 1 aromatic carbocycles. The lowest BCUT2D eigenvalue weighted by Crippen LogP contribution is -2.48. The number of aromatic nitrogens is 4. The summed E-state index contributed by atoms with van der Waals surface area (Å²) in [4.78, 5) is 35.9. The normalized spacial score (nSPS) is 15.9. The molecule has 11 nitrogen and oxygen atoms in total. The molecule has 0 radical (unpaired) electrons. The van der Waals surface area contributed by atoms with Crippen molar-refractivity contribution in [1.29, 1.82) is 0 Å². The Balaban J connectivity index is 1.63. The van der Waals surface area contributed by atoms with Crippen LogP contribution < -0.4 is 20.9 Å². The number of fused-ring (bicyclic) bond motifs is 1. The van der Waals surface area contributed by atoms with Gasteiger partial charge in [0.1, 0.15) is 18.5 Å². The van der Waals surface area contributed by atoms with Crippen molar-refractivity contribution in [1.82, 2.24) is 24.0 Å². The highest BCUT2D eigenvalue weighted by molar-refractivity contribution is 5.74. The molecular formula is C21H28N6O5. The zero-order valence-corrected chi connectivity index (χ0v) is 18.0. The molecule has 32 heavy (non-hydrogen) atoms. The minimum absolute atomic E-state index is 0.0388. The van der Waals surface area contributed by atoms with Gasteiger partial charge in [-0.15, -0.1) is 0 Å². The van der Waals surface area contributed by atoms with E-state index in [0.29, 0.717) is 31.3 Å². The maximum Gasteiger partial charge on any atom is 0.329 e. The molecule has 2 aromatic heterocycles. The summed E-state index contributed by atoms with van der Waals surface area (Å²) in [7, 11) is 1.55. The summed E-state index contributed by atoms with van der Waals surface area (Å²) < 4.78 is 8.62. The number of hydrogen-bond acceptors (Lipinski definition) is 8. The lowest BCUT2D eigenvalue weighted by Gasteiger charge is -2.35. The largest absolute Gasteiger partial charge is 0.491 e. The Hall–Kier alpha value is -3.15. The van der Waals surface area contributed by atoms with Gasteiger partial charge in [0.25, 0.3) is 5.56 Å². The van der Waals surface area contributed by atoms with E-state index in [2.05, 4.69) is 14.9 Å². The van der Waals surface area contributed by atoms with Crippen molar-refractivity contribution in [3.63, 3.8) is 0 Å². The maximum atomic E-state index is 12.7. The van der Waals surface area contributed by atoms with E-state index < -0.39 is 17.4 Å². The molecule has 1 fully saturated rings. The summed E-state index contributed by atoms with van der Waals surface area (Å²) in [5, 5.41) is 19.9. The van der Waals surface area contributed by atoms with Crippen LogP contribution in [0.25, 0.3) is 11.2 Å². The standard InChI is InChI=1S/C21H28N6O5/c1-24-18-17(19(30)23-21(24)31)27(13-15(29)14-32-16-5-3-2-4-6-16)20(22-18)26-9-7-25(8-10-26)11-12-28/h2-6,15,28-29H,7-14H2,1H3,(H,23,30,31)/t15-/m1/s1. The second-order valence-electron chi connectivity index (χ2n) is 7.84. The van der Waals surface area contributed by atoms with Gasteiger partial charge < -0.3 is 24.4 Å². The maximum absolute atomic E-state index is 12.7. The van der Waals surface area contributed by atoms with Crippen molar-refractivity contribution in [2.45, 2.75) is 12.6 Å². The molecule has 1 saturated heterocycles. The molecule has 0 aliphatic carbocycles. The van der Waals surface area contributed by atoms with Crippen molar-refractivity contribution in [3.8, 4) is 5.75 Å². The molecule has 3 heterocycles. The topological polar surface area (TPSA) is 129 Å². The number of benzene rings is 1. The highest BCUT2D eigenvalue weighted by atomic mass is 16.5.